The van der Waals surface area contributed by atoms with Crippen molar-refractivity contribution in [2.45, 2.75) is 32.2 Å². The lowest BCUT2D eigenvalue weighted by Crippen LogP contribution is -2.41. The summed E-state index contributed by atoms with van der Waals surface area (Å²) in [4.78, 5) is 22.1. The first-order valence-electron chi connectivity index (χ1n) is 7.73. The van der Waals surface area contributed by atoms with Gasteiger partial charge in [0, 0.05) is 50.4 Å². The summed E-state index contributed by atoms with van der Waals surface area (Å²) < 4.78 is 0. The Bertz CT molecular complexity index is 499. The zero-order valence-electron chi connectivity index (χ0n) is 12.5. The summed E-state index contributed by atoms with van der Waals surface area (Å²) in [7, 11) is 0. The monoisotopic (exact) mass is 289 g/mol. The van der Waals surface area contributed by atoms with Gasteiger partial charge >= 0.3 is 0 Å². The fourth-order valence-corrected chi connectivity index (χ4v) is 3.16. The zero-order chi connectivity index (χ0) is 14.7. The lowest BCUT2D eigenvalue weighted by atomic mass is 10.0. The van der Waals surface area contributed by atoms with Gasteiger partial charge in [0.1, 0.15) is 12.1 Å². The molecule has 2 aliphatic rings. The zero-order valence-corrected chi connectivity index (χ0v) is 12.5. The molecule has 1 amide bonds. The minimum atomic E-state index is 0.204. The molecule has 21 heavy (non-hydrogen) atoms. The van der Waals surface area contributed by atoms with Crippen LogP contribution >= 0.6 is 0 Å². The highest BCUT2D eigenvalue weighted by atomic mass is 16.1. The van der Waals surface area contributed by atoms with Crippen LogP contribution in [0.2, 0.25) is 0 Å². The Labute approximate surface area is 125 Å². The quantitative estimate of drug-likeness (QED) is 0.858. The van der Waals surface area contributed by atoms with Gasteiger partial charge in [-0.1, -0.05) is 0 Å². The molecule has 2 fully saturated rings. The molecule has 6 heteroatoms. The number of piperidine rings is 1. The van der Waals surface area contributed by atoms with E-state index in [1.807, 2.05) is 13.0 Å². The largest absolute Gasteiger partial charge is 0.367 e. The molecule has 3 heterocycles. The van der Waals surface area contributed by atoms with E-state index in [0.29, 0.717) is 18.4 Å². The Morgan fingerprint density at radius 2 is 2.19 bits per heavy atom. The number of hydrogen-bond donors (Lipinski definition) is 2. The van der Waals surface area contributed by atoms with Crippen molar-refractivity contribution in [3.05, 3.63) is 18.1 Å². The number of anilines is 1. The van der Waals surface area contributed by atoms with Crippen LogP contribution in [-0.2, 0) is 4.79 Å². The third-order valence-corrected chi connectivity index (χ3v) is 4.32. The van der Waals surface area contributed by atoms with Gasteiger partial charge in [0.05, 0.1) is 0 Å². The highest BCUT2D eigenvalue weighted by Gasteiger charge is 2.26. The van der Waals surface area contributed by atoms with Crippen molar-refractivity contribution >= 4 is 11.7 Å². The minimum absolute atomic E-state index is 0.204. The Kier molecular flexibility index (Phi) is 4.34. The van der Waals surface area contributed by atoms with Crippen molar-refractivity contribution in [1.82, 2.24) is 20.2 Å². The van der Waals surface area contributed by atoms with Crippen molar-refractivity contribution < 1.29 is 4.79 Å². The summed E-state index contributed by atoms with van der Waals surface area (Å²) in [6, 6.07) is 2.47. The van der Waals surface area contributed by atoms with E-state index in [9.17, 15) is 4.79 Å². The van der Waals surface area contributed by atoms with E-state index in [1.165, 1.54) is 0 Å². The highest BCUT2D eigenvalue weighted by molar-refractivity contribution is 5.78. The second-order valence-electron chi connectivity index (χ2n) is 6.14. The maximum absolute atomic E-state index is 11.2. The number of aryl methyl sites for hydroxylation is 1. The van der Waals surface area contributed by atoms with Crippen molar-refractivity contribution in [3.63, 3.8) is 0 Å². The molecule has 0 spiro atoms. The molecule has 1 aromatic heterocycles. The molecule has 1 aromatic rings. The maximum Gasteiger partial charge on any atom is 0.220 e. The standard InChI is InChI=1S/C15H23N5O/c1-11-6-14(18-10-17-11)19-13-2-4-20(5-3-13)9-12-7-15(21)16-8-12/h6,10,12-13H,2-5,7-9H2,1H3,(H,16,21)(H,17,18,19). The van der Waals surface area contributed by atoms with Gasteiger partial charge in [-0.3, -0.25) is 4.79 Å². The average molecular weight is 289 g/mol. The van der Waals surface area contributed by atoms with Crippen molar-refractivity contribution in [3.8, 4) is 0 Å². The van der Waals surface area contributed by atoms with Gasteiger partial charge in [-0.25, -0.2) is 9.97 Å². The SMILES string of the molecule is Cc1cc(NC2CCN(CC3CNC(=O)C3)CC2)ncn1. The van der Waals surface area contributed by atoms with Crippen molar-refractivity contribution in [2.24, 2.45) is 5.92 Å². The van der Waals surface area contributed by atoms with Gasteiger partial charge in [-0.05, 0) is 25.7 Å². The van der Waals surface area contributed by atoms with E-state index in [4.69, 9.17) is 0 Å². The fraction of sp³-hybridized carbons (Fsp3) is 0.667. The fourth-order valence-electron chi connectivity index (χ4n) is 3.16. The number of hydrogen-bond acceptors (Lipinski definition) is 5. The molecule has 0 saturated carbocycles. The molecule has 0 aliphatic carbocycles. The second-order valence-corrected chi connectivity index (χ2v) is 6.14. The first-order valence-corrected chi connectivity index (χ1v) is 7.73. The van der Waals surface area contributed by atoms with Crippen LogP contribution in [0.5, 0.6) is 0 Å². The lowest BCUT2D eigenvalue weighted by molar-refractivity contribution is -0.119. The van der Waals surface area contributed by atoms with Crippen LogP contribution in [0.4, 0.5) is 5.82 Å². The van der Waals surface area contributed by atoms with Crippen molar-refractivity contribution in [2.75, 3.05) is 31.5 Å². The Morgan fingerprint density at radius 1 is 1.38 bits per heavy atom. The van der Waals surface area contributed by atoms with Gasteiger partial charge in [0.15, 0.2) is 0 Å². The smallest absolute Gasteiger partial charge is 0.220 e. The number of amides is 1. The number of nitrogens with zero attached hydrogens (tertiary/aromatic N) is 3. The van der Waals surface area contributed by atoms with E-state index < -0.39 is 0 Å². The second kappa shape index (κ2) is 6.39. The highest BCUT2D eigenvalue weighted by Crippen LogP contribution is 2.18. The first kappa shape index (κ1) is 14.3. The Hall–Kier alpha value is -1.69. The van der Waals surface area contributed by atoms with Gasteiger partial charge in [-0.15, -0.1) is 0 Å². The number of rotatable bonds is 4. The molecule has 2 saturated heterocycles. The number of carbonyl (C=O) groups is 1. The average Bonchev–Trinajstić information content (AvgIpc) is 2.86. The summed E-state index contributed by atoms with van der Waals surface area (Å²) in [5.74, 6) is 1.62. The predicted molar refractivity (Wildman–Crippen MR) is 81.0 cm³/mol. The molecule has 0 bridgehead atoms. The van der Waals surface area contributed by atoms with Crippen molar-refractivity contribution in [1.29, 1.82) is 0 Å². The van der Waals surface area contributed by atoms with Crippen LogP contribution in [-0.4, -0.2) is 53.0 Å². The number of nitrogens with one attached hydrogen (secondary N) is 2. The molecule has 1 unspecified atom stereocenters. The maximum atomic E-state index is 11.2. The molecule has 0 aromatic carbocycles. The molecule has 1 atom stereocenters. The van der Waals surface area contributed by atoms with Crippen LogP contribution in [0, 0.1) is 12.8 Å². The van der Waals surface area contributed by atoms with Crippen LogP contribution in [0.1, 0.15) is 25.0 Å². The molecule has 6 nitrogen and oxygen atoms in total. The topological polar surface area (TPSA) is 70.2 Å². The minimum Gasteiger partial charge on any atom is -0.367 e. The predicted octanol–water partition coefficient (Wildman–Crippen LogP) is 0.797. The van der Waals surface area contributed by atoms with Crippen LogP contribution in [0.25, 0.3) is 0 Å². The van der Waals surface area contributed by atoms with Gasteiger partial charge in [0.25, 0.3) is 0 Å². The first-order chi connectivity index (χ1) is 10.2. The normalized spacial score (nSPS) is 24.0. The number of likely N-dealkylation sites (tertiary alicyclic amines) is 1. The molecule has 3 rings (SSSR count). The summed E-state index contributed by atoms with van der Waals surface area (Å²) in [5, 5.41) is 6.41. The van der Waals surface area contributed by atoms with Crippen LogP contribution < -0.4 is 10.6 Å². The Morgan fingerprint density at radius 3 is 2.86 bits per heavy atom. The number of aromatic nitrogens is 2. The van der Waals surface area contributed by atoms with Crippen LogP contribution in [0.3, 0.4) is 0 Å². The summed E-state index contributed by atoms with van der Waals surface area (Å²) >= 11 is 0. The molecular weight excluding hydrogens is 266 g/mol. The van der Waals surface area contributed by atoms with Gasteiger partial charge in [-0.2, -0.15) is 0 Å². The van der Waals surface area contributed by atoms with E-state index in [0.717, 1.165) is 50.5 Å². The van der Waals surface area contributed by atoms with Crippen LogP contribution in [0.15, 0.2) is 12.4 Å². The molecule has 0 radical (unpaired) electrons. The van der Waals surface area contributed by atoms with E-state index in [1.54, 1.807) is 6.33 Å². The molecule has 2 aliphatic heterocycles. The lowest BCUT2D eigenvalue weighted by Gasteiger charge is -2.33. The number of carbonyl (C=O) groups excluding carboxylic acids is 1. The third kappa shape index (κ3) is 3.91. The van der Waals surface area contributed by atoms with Gasteiger partial charge < -0.3 is 15.5 Å². The molecule has 2 N–H and O–H groups in total. The third-order valence-electron chi connectivity index (χ3n) is 4.32. The van der Waals surface area contributed by atoms with E-state index in [-0.39, 0.29) is 5.91 Å². The Balaban J connectivity index is 1.43. The van der Waals surface area contributed by atoms with E-state index in [2.05, 4.69) is 25.5 Å². The molecule has 114 valence electrons. The summed E-state index contributed by atoms with van der Waals surface area (Å²) in [5.41, 5.74) is 0.989. The van der Waals surface area contributed by atoms with E-state index >= 15 is 0 Å². The molecular formula is C15H23N5O. The summed E-state index contributed by atoms with van der Waals surface area (Å²) in [6.07, 6.45) is 4.55. The van der Waals surface area contributed by atoms with Gasteiger partial charge in [0.2, 0.25) is 5.91 Å². The summed E-state index contributed by atoms with van der Waals surface area (Å²) in [6.45, 7) is 6.04.